The van der Waals surface area contributed by atoms with E-state index in [1.54, 1.807) is 24.1 Å². The van der Waals surface area contributed by atoms with E-state index in [1.165, 1.54) is 6.20 Å². The van der Waals surface area contributed by atoms with Crippen LogP contribution in [0.3, 0.4) is 0 Å². The number of anilines is 2. The molecule has 0 radical (unpaired) electrons. The number of rotatable bonds is 5. The molecule has 38 heavy (non-hydrogen) atoms. The first kappa shape index (κ1) is 24.4. The Labute approximate surface area is 222 Å². The summed E-state index contributed by atoms with van der Waals surface area (Å²) in [6, 6.07) is 18.4. The van der Waals surface area contributed by atoms with Crippen molar-refractivity contribution in [1.29, 1.82) is 0 Å². The van der Waals surface area contributed by atoms with E-state index < -0.39 is 11.9 Å². The Balaban J connectivity index is 1.13. The van der Waals surface area contributed by atoms with Gasteiger partial charge in [0.25, 0.3) is 5.91 Å². The first-order chi connectivity index (χ1) is 18.5. The van der Waals surface area contributed by atoms with Crippen molar-refractivity contribution in [2.24, 2.45) is 5.41 Å². The minimum Gasteiger partial charge on any atom is -0.457 e. The lowest BCUT2D eigenvalue weighted by atomic mass is 9.73. The fourth-order valence-corrected chi connectivity index (χ4v) is 5.70. The van der Waals surface area contributed by atoms with Gasteiger partial charge in [-0.25, -0.2) is 0 Å². The summed E-state index contributed by atoms with van der Waals surface area (Å²) in [5, 5.41) is 2.91. The maximum Gasteiger partial charge on any atom is 0.270 e. The quantitative estimate of drug-likeness (QED) is 0.552. The van der Waals surface area contributed by atoms with E-state index in [9.17, 15) is 9.59 Å². The average molecular weight is 513 g/mol. The van der Waals surface area contributed by atoms with Crippen LogP contribution in [0.2, 0.25) is 0 Å². The van der Waals surface area contributed by atoms with Crippen molar-refractivity contribution in [1.82, 2.24) is 10.3 Å². The average Bonchev–Trinajstić information content (AvgIpc) is 3.04. The number of pyridine rings is 1. The van der Waals surface area contributed by atoms with Gasteiger partial charge < -0.3 is 24.6 Å². The Hall–Kier alpha value is -3.91. The molecule has 1 aromatic heterocycles. The Morgan fingerprint density at radius 1 is 1.05 bits per heavy atom. The van der Waals surface area contributed by atoms with Crippen molar-refractivity contribution >= 4 is 23.2 Å². The van der Waals surface area contributed by atoms with Crippen molar-refractivity contribution in [2.75, 3.05) is 43.2 Å². The molecule has 2 amide bonds. The van der Waals surface area contributed by atoms with Gasteiger partial charge in [0, 0.05) is 62.4 Å². The Bertz CT molecular complexity index is 1330. The minimum atomic E-state index is -0.640. The highest BCUT2D eigenvalue weighted by Gasteiger charge is 2.44. The van der Waals surface area contributed by atoms with E-state index in [2.05, 4.69) is 33.4 Å². The number of nitrogens with one attached hydrogen (secondary N) is 1. The maximum absolute atomic E-state index is 13.4. The summed E-state index contributed by atoms with van der Waals surface area (Å²) in [4.78, 5) is 34.8. The number of para-hydroxylation sites is 1. The second-order valence-corrected chi connectivity index (χ2v) is 10.5. The number of likely N-dealkylation sites (N-methyl/N-ethyl adjacent to an activating group) is 1. The highest BCUT2D eigenvalue weighted by atomic mass is 16.5. The van der Waals surface area contributed by atoms with Crippen molar-refractivity contribution in [3.8, 4) is 11.5 Å². The minimum absolute atomic E-state index is 0.129. The number of carbonyl (C=O) groups is 2. The third-order valence-corrected chi connectivity index (χ3v) is 7.98. The molecule has 2 aromatic carbocycles. The van der Waals surface area contributed by atoms with E-state index in [1.807, 2.05) is 30.3 Å². The Morgan fingerprint density at radius 3 is 2.63 bits per heavy atom. The SMILES string of the molecule is CN1C(=O)[C@H](NC(=O)c2cc(Oc3ccccc3)ccn2)CCc2ccc(N3CC4(CCOCC4)C3)cc21. The first-order valence-electron chi connectivity index (χ1n) is 13.2. The molecule has 4 heterocycles. The normalized spacial score (nSPS) is 20.3. The summed E-state index contributed by atoms with van der Waals surface area (Å²) in [6.45, 7) is 3.77. The van der Waals surface area contributed by atoms with E-state index in [-0.39, 0.29) is 11.6 Å². The van der Waals surface area contributed by atoms with E-state index in [0.29, 0.717) is 29.8 Å². The number of ether oxygens (including phenoxy) is 2. The molecule has 3 aliphatic heterocycles. The monoisotopic (exact) mass is 512 g/mol. The molecule has 1 N–H and O–H groups in total. The zero-order chi connectivity index (χ0) is 26.1. The van der Waals surface area contributed by atoms with E-state index in [4.69, 9.17) is 9.47 Å². The lowest BCUT2D eigenvalue weighted by molar-refractivity contribution is -0.120. The predicted molar refractivity (Wildman–Crippen MR) is 145 cm³/mol. The zero-order valence-electron chi connectivity index (χ0n) is 21.6. The van der Waals surface area contributed by atoms with Crippen molar-refractivity contribution in [3.63, 3.8) is 0 Å². The summed E-state index contributed by atoms with van der Waals surface area (Å²) in [7, 11) is 1.79. The molecule has 0 bridgehead atoms. The van der Waals surface area contributed by atoms with Gasteiger partial charge in [-0.15, -0.1) is 0 Å². The van der Waals surface area contributed by atoms with Crippen LogP contribution in [0.25, 0.3) is 0 Å². The summed E-state index contributed by atoms with van der Waals surface area (Å²) < 4.78 is 11.4. The van der Waals surface area contributed by atoms with Crippen LogP contribution in [0.15, 0.2) is 66.9 Å². The second-order valence-electron chi connectivity index (χ2n) is 10.5. The summed E-state index contributed by atoms with van der Waals surface area (Å²) in [5.41, 5.74) is 3.74. The van der Waals surface area contributed by atoms with Gasteiger partial charge >= 0.3 is 0 Å². The molecule has 2 fully saturated rings. The first-order valence-corrected chi connectivity index (χ1v) is 13.2. The van der Waals surface area contributed by atoms with Gasteiger partial charge in [-0.05, 0) is 61.6 Å². The van der Waals surface area contributed by atoms with Gasteiger partial charge in [-0.1, -0.05) is 24.3 Å². The predicted octanol–water partition coefficient (Wildman–Crippen LogP) is 4.20. The van der Waals surface area contributed by atoms with Crippen LogP contribution in [-0.4, -0.2) is 56.2 Å². The molecule has 1 spiro atoms. The molecule has 0 saturated carbocycles. The number of carbonyl (C=O) groups excluding carboxylic acids is 2. The summed E-state index contributed by atoms with van der Waals surface area (Å²) in [5.74, 6) is 0.651. The number of benzene rings is 2. The number of fused-ring (bicyclic) bond motifs is 1. The molecular weight excluding hydrogens is 480 g/mol. The van der Waals surface area contributed by atoms with Gasteiger partial charge in [0.05, 0.1) is 0 Å². The molecule has 8 heteroatoms. The smallest absolute Gasteiger partial charge is 0.270 e. The fraction of sp³-hybridized carbons (Fsp3) is 0.367. The lowest BCUT2D eigenvalue weighted by Crippen LogP contribution is -2.58. The molecule has 1 atom stereocenters. The highest BCUT2D eigenvalue weighted by molar-refractivity contribution is 6.02. The van der Waals surface area contributed by atoms with Crippen LogP contribution in [0.1, 0.15) is 35.3 Å². The molecule has 8 nitrogen and oxygen atoms in total. The lowest BCUT2D eigenvalue weighted by Gasteiger charge is -2.53. The standard InChI is InChI=1S/C30H32N4O4/c1-33-27-17-22(34-19-30(20-34)12-15-37-16-13-30)9-7-21(27)8-10-25(29(33)36)32-28(35)26-18-24(11-14-31-26)38-23-5-3-2-4-6-23/h2-7,9,11,14,17-18,25H,8,10,12-13,15-16,19-20H2,1H3,(H,32,35)/t25-/m1/s1. The molecule has 6 rings (SSSR count). The number of nitrogens with zero attached hydrogens (tertiary/aromatic N) is 3. The van der Waals surface area contributed by atoms with Crippen LogP contribution in [0.5, 0.6) is 11.5 Å². The third-order valence-electron chi connectivity index (χ3n) is 7.98. The highest BCUT2D eigenvalue weighted by Crippen LogP contribution is 2.43. The Kier molecular flexibility index (Phi) is 6.49. The molecule has 3 aromatic rings. The molecule has 3 aliphatic rings. The maximum atomic E-state index is 13.4. The van der Waals surface area contributed by atoms with Gasteiger partial charge in [-0.3, -0.25) is 14.6 Å². The topological polar surface area (TPSA) is 84.0 Å². The molecule has 2 saturated heterocycles. The van der Waals surface area contributed by atoms with E-state index >= 15 is 0 Å². The molecule has 0 unspecified atom stereocenters. The molecule has 196 valence electrons. The third kappa shape index (κ3) is 4.84. The van der Waals surface area contributed by atoms with Gasteiger partial charge in [-0.2, -0.15) is 0 Å². The Morgan fingerprint density at radius 2 is 1.84 bits per heavy atom. The van der Waals surface area contributed by atoms with Crippen LogP contribution < -0.4 is 19.9 Å². The number of aryl methyl sites for hydroxylation is 1. The zero-order valence-corrected chi connectivity index (χ0v) is 21.6. The van der Waals surface area contributed by atoms with Gasteiger partial charge in [0.15, 0.2) is 0 Å². The van der Waals surface area contributed by atoms with Crippen molar-refractivity contribution in [2.45, 2.75) is 31.7 Å². The van der Waals surface area contributed by atoms with E-state index in [0.717, 1.165) is 56.1 Å². The number of amides is 2. The van der Waals surface area contributed by atoms with Crippen LogP contribution in [-0.2, 0) is 16.0 Å². The molecular formula is C30H32N4O4. The summed E-state index contributed by atoms with van der Waals surface area (Å²) in [6.07, 6.45) is 4.98. The number of hydrogen-bond donors (Lipinski definition) is 1. The van der Waals surface area contributed by atoms with Crippen LogP contribution >= 0.6 is 0 Å². The van der Waals surface area contributed by atoms with Crippen molar-refractivity contribution in [3.05, 3.63) is 78.1 Å². The fourth-order valence-electron chi connectivity index (χ4n) is 5.70. The van der Waals surface area contributed by atoms with Crippen molar-refractivity contribution < 1.29 is 19.1 Å². The van der Waals surface area contributed by atoms with Gasteiger partial charge in [0.1, 0.15) is 23.2 Å². The number of hydrogen-bond acceptors (Lipinski definition) is 6. The second kappa shape index (κ2) is 10.1. The van der Waals surface area contributed by atoms with Crippen LogP contribution in [0.4, 0.5) is 11.4 Å². The summed E-state index contributed by atoms with van der Waals surface area (Å²) >= 11 is 0. The number of aromatic nitrogens is 1. The molecule has 0 aliphatic carbocycles. The van der Waals surface area contributed by atoms with Gasteiger partial charge in [0.2, 0.25) is 5.91 Å². The van der Waals surface area contributed by atoms with Crippen LogP contribution in [0, 0.1) is 5.41 Å². The largest absolute Gasteiger partial charge is 0.457 e.